The second-order valence-electron chi connectivity index (χ2n) is 6.47. The summed E-state index contributed by atoms with van der Waals surface area (Å²) in [6, 6.07) is 7.31. The molecule has 8 nitrogen and oxygen atoms in total. The molecular weight excluding hydrogens is 408 g/mol. The van der Waals surface area contributed by atoms with Gasteiger partial charge in [-0.2, -0.15) is 0 Å². The number of ether oxygens (including phenoxy) is 3. The van der Waals surface area contributed by atoms with E-state index in [2.05, 4.69) is 0 Å². The van der Waals surface area contributed by atoms with Crippen LogP contribution in [0.4, 0.5) is 0 Å². The molecule has 1 amide bonds. The first-order valence-corrected chi connectivity index (χ1v) is 10.4. The van der Waals surface area contributed by atoms with Crippen LogP contribution >= 0.6 is 11.3 Å². The summed E-state index contributed by atoms with van der Waals surface area (Å²) in [6.45, 7) is 3.68. The van der Waals surface area contributed by atoms with Crippen molar-refractivity contribution in [2.24, 2.45) is 0 Å². The van der Waals surface area contributed by atoms with E-state index in [4.69, 9.17) is 14.2 Å². The Kier molecular flexibility index (Phi) is 7.42. The number of benzene rings is 1. The summed E-state index contributed by atoms with van der Waals surface area (Å²) in [5, 5.41) is 0. The summed E-state index contributed by atoms with van der Waals surface area (Å²) in [5.41, 5.74) is 0.385. The first-order valence-electron chi connectivity index (χ1n) is 9.62. The van der Waals surface area contributed by atoms with Gasteiger partial charge < -0.3 is 19.1 Å². The molecule has 1 aromatic carbocycles. The van der Waals surface area contributed by atoms with Gasteiger partial charge in [0, 0.05) is 18.7 Å². The molecule has 0 bridgehead atoms. The summed E-state index contributed by atoms with van der Waals surface area (Å²) in [7, 11) is 1.56. The van der Waals surface area contributed by atoms with E-state index >= 15 is 0 Å². The highest BCUT2D eigenvalue weighted by atomic mass is 32.1. The van der Waals surface area contributed by atoms with E-state index < -0.39 is 5.97 Å². The maximum absolute atomic E-state index is 13.1. The third-order valence-corrected chi connectivity index (χ3v) is 5.61. The second kappa shape index (κ2) is 10.2. The highest BCUT2D eigenvalue weighted by molar-refractivity contribution is 7.07. The highest BCUT2D eigenvalue weighted by Crippen LogP contribution is 2.17. The Hall–Kier alpha value is -2.91. The Labute approximate surface area is 177 Å². The van der Waals surface area contributed by atoms with Crippen LogP contribution in [0.5, 0.6) is 5.75 Å². The van der Waals surface area contributed by atoms with Crippen molar-refractivity contribution < 1.29 is 23.8 Å². The number of thiazole rings is 1. The minimum atomic E-state index is -0.560. The Bertz CT molecular complexity index is 1080. The molecule has 0 saturated carbocycles. The molecule has 30 heavy (non-hydrogen) atoms. The molecule has 160 valence electrons. The average Bonchev–Trinajstić information content (AvgIpc) is 3.03. The molecule has 0 unspecified atom stereocenters. The van der Waals surface area contributed by atoms with Crippen LogP contribution in [0.1, 0.15) is 12.5 Å². The minimum absolute atomic E-state index is 0.152. The largest absolute Gasteiger partial charge is 0.496 e. The molecule has 2 heterocycles. The van der Waals surface area contributed by atoms with Gasteiger partial charge in [-0.05, 0) is 19.1 Å². The Morgan fingerprint density at radius 2 is 1.97 bits per heavy atom. The van der Waals surface area contributed by atoms with Gasteiger partial charge in [-0.1, -0.05) is 18.2 Å². The van der Waals surface area contributed by atoms with Gasteiger partial charge in [0.25, 0.3) is 5.56 Å². The Balaban J connectivity index is 2.05. The van der Waals surface area contributed by atoms with Crippen LogP contribution in [0.2, 0.25) is 0 Å². The van der Waals surface area contributed by atoms with E-state index in [9.17, 15) is 14.4 Å². The number of nitrogens with zero attached hydrogens (tertiary/aromatic N) is 2. The molecule has 1 fully saturated rings. The number of carbonyl (C=O) groups is 2. The number of aromatic nitrogens is 1. The van der Waals surface area contributed by atoms with Crippen molar-refractivity contribution in [3.63, 3.8) is 0 Å². The number of amides is 1. The van der Waals surface area contributed by atoms with Gasteiger partial charge in [-0.3, -0.25) is 14.2 Å². The van der Waals surface area contributed by atoms with Gasteiger partial charge >= 0.3 is 5.97 Å². The first-order chi connectivity index (χ1) is 14.5. The van der Waals surface area contributed by atoms with E-state index in [1.807, 2.05) is 18.2 Å². The Morgan fingerprint density at radius 1 is 1.23 bits per heavy atom. The van der Waals surface area contributed by atoms with Crippen LogP contribution in [0.15, 0.2) is 29.1 Å². The zero-order valence-electron chi connectivity index (χ0n) is 17.0. The topological polar surface area (TPSA) is 87.1 Å². The number of hydrogen-bond acceptors (Lipinski definition) is 7. The normalized spacial score (nSPS) is 15.3. The molecule has 1 saturated heterocycles. The van der Waals surface area contributed by atoms with Crippen LogP contribution in [0.3, 0.4) is 0 Å². The number of methoxy groups -OCH3 is 1. The number of hydrogen-bond donors (Lipinski definition) is 0. The van der Waals surface area contributed by atoms with E-state index in [1.165, 1.54) is 10.6 Å². The van der Waals surface area contributed by atoms with Crippen molar-refractivity contribution in [3.05, 3.63) is 49.4 Å². The molecule has 0 aliphatic carbocycles. The zero-order chi connectivity index (χ0) is 21.5. The molecule has 9 heteroatoms. The molecule has 3 rings (SSSR count). The van der Waals surface area contributed by atoms with Gasteiger partial charge in [-0.25, -0.2) is 4.79 Å². The van der Waals surface area contributed by atoms with Gasteiger partial charge in [-0.15, -0.1) is 11.3 Å². The van der Waals surface area contributed by atoms with Crippen molar-refractivity contribution in [1.82, 2.24) is 9.47 Å². The predicted molar refractivity (Wildman–Crippen MR) is 113 cm³/mol. The van der Waals surface area contributed by atoms with Crippen LogP contribution in [-0.2, 0) is 25.6 Å². The minimum Gasteiger partial charge on any atom is -0.496 e. The lowest BCUT2D eigenvalue weighted by Crippen LogP contribution is -2.45. The highest BCUT2D eigenvalue weighted by Gasteiger charge is 2.19. The summed E-state index contributed by atoms with van der Waals surface area (Å²) in [4.78, 5) is 39.5. The molecule has 0 N–H and O–H groups in total. The van der Waals surface area contributed by atoms with Crippen molar-refractivity contribution in [3.8, 4) is 5.75 Å². The van der Waals surface area contributed by atoms with Crippen molar-refractivity contribution in [2.45, 2.75) is 13.5 Å². The molecule has 0 atom stereocenters. The molecule has 1 aliphatic heterocycles. The smallest absolute Gasteiger partial charge is 0.333 e. The van der Waals surface area contributed by atoms with Crippen molar-refractivity contribution in [2.75, 3.05) is 40.0 Å². The average molecular weight is 432 g/mol. The van der Waals surface area contributed by atoms with E-state index in [0.29, 0.717) is 41.2 Å². The second-order valence-corrected chi connectivity index (χ2v) is 7.53. The van der Waals surface area contributed by atoms with Gasteiger partial charge in [0.2, 0.25) is 5.91 Å². The molecule has 1 aromatic heterocycles. The van der Waals surface area contributed by atoms with Gasteiger partial charge in [0.15, 0.2) is 0 Å². The lowest BCUT2D eigenvalue weighted by molar-refractivity contribution is -0.136. The molecule has 0 radical (unpaired) electrons. The summed E-state index contributed by atoms with van der Waals surface area (Å²) >= 11 is 1.13. The Morgan fingerprint density at radius 3 is 2.67 bits per heavy atom. The zero-order valence-corrected chi connectivity index (χ0v) is 17.8. The third kappa shape index (κ3) is 5.17. The van der Waals surface area contributed by atoms with Gasteiger partial charge in [0.1, 0.15) is 17.0 Å². The SMILES string of the molecule is CCOC(=O)/C=c1/s/c(=C/c2ccccc2OC)c(=O)n1CC(=O)N1CCOCC1. The number of carbonyl (C=O) groups excluding carboxylic acids is 2. The monoisotopic (exact) mass is 432 g/mol. The fourth-order valence-electron chi connectivity index (χ4n) is 3.05. The van der Waals surface area contributed by atoms with Crippen molar-refractivity contribution >= 4 is 35.4 Å². The number of rotatable bonds is 6. The summed E-state index contributed by atoms with van der Waals surface area (Å²) in [6.07, 6.45) is 2.95. The van der Waals surface area contributed by atoms with Crippen LogP contribution in [0.25, 0.3) is 12.2 Å². The molecule has 2 aromatic rings. The number of esters is 1. The summed E-state index contributed by atoms with van der Waals surface area (Å²) in [5.74, 6) is -0.132. The first kappa shape index (κ1) is 21.8. The fraction of sp³-hybridized carbons (Fsp3) is 0.381. The molecule has 1 aliphatic rings. The maximum Gasteiger partial charge on any atom is 0.333 e. The van der Waals surface area contributed by atoms with Crippen LogP contribution in [0, 0.1) is 0 Å². The maximum atomic E-state index is 13.1. The summed E-state index contributed by atoms with van der Waals surface area (Å²) < 4.78 is 17.7. The molecular formula is C21H24N2O6S. The standard InChI is InChI=1S/C21H24N2O6S/c1-3-29-20(25)13-19-23(14-18(24)22-8-10-28-11-9-22)21(26)17(30-19)12-15-6-4-5-7-16(15)27-2/h4-7,12-13H,3,8-11,14H2,1-2H3/b17-12+,19-13+. The van der Waals surface area contributed by atoms with Crippen LogP contribution in [-0.4, -0.2) is 61.4 Å². The van der Waals surface area contributed by atoms with E-state index in [1.54, 1.807) is 31.1 Å². The van der Waals surface area contributed by atoms with Crippen molar-refractivity contribution in [1.29, 1.82) is 0 Å². The quantitative estimate of drug-likeness (QED) is 0.595. The van der Waals surface area contributed by atoms with Crippen LogP contribution < -0.4 is 19.5 Å². The van der Waals surface area contributed by atoms with Gasteiger partial charge in [0.05, 0.1) is 37.5 Å². The predicted octanol–water partition coefficient (Wildman–Crippen LogP) is -0.0504. The number of morpholine rings is 1. The van der Waals surface area contributed by atoms with E-state index in [-0.39, 0.29) is 24.6 Å². The lowest BCUT2D eigenvalue weighted by Gasteiger charge is -2.26. The fourth-order valence-corrected chi connectivity index (χ4v) is 4.07. The lowest BCUT2D eigenvalue weighted by atomic mass is 10.2. The van der Waals surface area contributed by atoms with E-state index in [0.717, 1.165) is 16.9 Å². The third-order valence-electron chi connectivity index (χ3n) is 4.55. The molecule has 0 spiro atoms. The number of para-hydroxylation sites is 1.